The van der Waals surface area contributed by atoms with Crippen LogP contribution in [0, 0.1) is 11.6 Å². The molecule has 0 bridgehead atoms. The van der Waals surface area contributed by atoms with Crippen LogP contribution in [-0.2, 0) is 13.0 Å². The van der Waals surface area contributed by atoms with Crippen LogP contribution in [0.5, 0.6) is 5.75 Å². The van der Waals surface area contributed by atoms with Gasteiger partial charge in [0.05, 0.1) is 7.11 Å². The van der Waals surface area contributed by atoms with Crippen molar-refractivity contribution in [1.29, 1.82) is 0 Å². The standard InChI is InChI=1S/C18H21F2NO/c1-18(2,11-14-6-4-5-7-17(14)22-3)21-12-13-8-9-15(19)16(20)10-13/h4-10,21H,11-12H2,1-3H3. The van der Waals surface area contributed by atoms with Crippen molar-refractivity contribution in [2.45, 2.75) is 32.4 Å². The number of para-hydroxylation sites is 1. The monoisotopic (exact) mass is 305 g/mol. The maximum Gasteiger partial charge on any atom is 0.159 e. The van der Waals surface area contributed by atoms with Crippen molar-refractivity contribution in [3.8, 4) is 5.75 Å². The van der Waals surface area contributed by atoms with Crippen LogP contribution in [0.1, 0.15) is 25.0 Å². The van der Waals surface area contributed by atoms with Gasteiger partial charge >= 0.3 is 0 Å². The highest BCUT2D eigenvalue weighted by Crippen LogP contribution is 2.23. The first kappa shape index (κ1) is 16.4. The van der Waals surface area contributed by atoms with Crippen LogP contribution in [0.4, 0.5) is 8.78 Å². The van der Waals surface area contributed by atoms with Gasteiger partial charge in [0.2, 0.25) is 0 Å². The molecule has 22 heavy (non-hydrogen) atoms. The second kappa shape index (κ2) is 6.88. The SMILES string of the molecule is COc1ccccc1CC(C)(C)NCc1ccc(F)c(F)c1. The van der Waals surface area contributed by atoms with Crippen molar-refractivity contribution in [3.63, 3.8) is 0 Å². The van der Waals surface area contributed by atoms with Gasteiger partial charge in [-0.15, -0.1) is 0 Å². The van der Waals surface area contributed by atoms with Crippen molar-refractivity contribution in [1.82, 2.24) is 5.32 Å². The van der Waals surface area contributed by atoms with Crippen LogP contribution < -0.4 is 10.1 Å². The van der Waals surface area contributed by atoms with Crippen LogP contribution >= 0.6 is 0 Å². The van der Waals surface area contributed by atoms with Gasteiger partial charge in [-0.2, -0.15) is 0 Å². The second-order valence-electron chi connectivity index (χ2n) is 5.97. The van der Waals surface area contributed by atoms with Gasteiger partial charge < -0.3 is 10.1 Å². The highest BCUT2D eigenvalue weighted by atomic mass is 19.2. The van der Waals surface area contributed by atoms with Gasteiger partial charge in [0.1, 0.15) is 5.75 Å². The number of benzene rings is 2. The highest BCUT2D eigenvalue weighted by Gasteiger charge is 2.19. The zero-order valence-electron chi connectivity index (χ0n) is 13.1. The van der Waals surface area contributed by atoms with Crippen LogP contribution in [0.25, 0.3) is 0 Å². The molecule has 0 unspecified atom stereocenters. The number of hydrogen-bond acceptors (Lipinski definition) is 2. The molecule has 0 saturated heterocycles. The molecule has 0 atom stereocenters. The Hall–Kier alpha value is -1.94. The highest BCUT2D eigenvalue weighted by molar-refractivity contribution is 5.34. The zero-order valence-corrected chi connectivity index (χ0v) is 13.1. The van der Waals surface area contributed by atoms with Gasteiger partial charge in [0.25, 0.3) is 0 Å². The summed E-state index contributed by atoms with van der Waals surface area (Å²) in [6.45, 7) is 4.61. The number of rotatable bonds is 6. The van der Waals surface area contributed by atoms with E-state index < -0.39 is 11.6 Å². The molecule has 0 aliphatic carbocycles. The van der Waals surface area contributed by atoms with Crippen molar-refractivity contribution >= 4 is 0 Å². The minimum atomic E-state index is -0.822. The number of methoxy groups -OCH3 is 1. The Morgan fingerprint density at radius 3 is 2.45 bits per heavy atom. The van der Waals surface area contributed by atoms with E-state index in [0.717, 1.165) is 23.8 Å². The number of hydrogen-bond donors (Lipinski definition) is 1. The average Bonchev–Trinajstić information content (AvgIpc) is 2.49. The van der Waals surface area contributed by atoms with Crippen LogP contribution in [0.15, 0.2) is 42.5 Å². The largest absolute Gasteiger partial charge is 0.496 e. The van der Waals surface area contributed by atoms with Gasteiger partial charge in [-0.1, -0.05) is 24.3 Å². The zero-order chi connectivity index (χ0) is 16.2. The summed E-state index contributed by atoms with van der Waals surface area (Å²) >= 11 is 0. The van der Waals surface area contributed by atoms with Gasteiger partial charge in [-0.05, 0) is 49.6 Å². The molecule has 0 spiro atoms. The lowest BCUT2D eigenvalue weighted by atomic mass is 9.94. The fourth-order valence-corrected chi connectivity index (χ4v) is 2.38. The van der Waals surface area contributed by atoms with E-state index in [4.69, 9.17) is 4.74 Å². The van der Waals surface area contributed by atoms with Crippen LogP contribution in [-0.4, -0.2) is 12.6 Å². The fraction of sp³-hybridized carbons (Fsp3) is 0.333. The molecule has 4 heteroatoms. The molecule has 0 saturated carbocycles. The van der Waals surface area contributed by atoms with Crippen molar-refractivity contribution in [2.24, 2.45) is 0 Å². The average molecular weight is 305 g/mol. The Balaban J connectivity index is 2.02. The van der Waals surface area contributed by atoms with Crippen LogP contribution in [0.2, 0.25) is 0 Å². The summed E-state index contributed by atoms with van der Waals surface area (Å²) in [5.41, 5.74) is 1.61. The first-order valence-corrected chi connectivity index (χ1v) is 7.22. The quantitative estimate of drug-likeness (QED) is 0.868. The molecule has 0 fully saturated rings. The normalized spacial score (nSPS) is 11.5. The van der Waals surface area contributed by atoms with Crippen LogP contribution in [0.3, 0.4) is 0 Å². The molecule has 2 aromatic rings. The third-order valence-electron chi connectivity index (χ3n) is 3.58. The van der Waals surface area contributed by atoms with Crippen molar-refractivity contribution in [2.75, 3.05) is 7.11 Å². The molecule has 0 aliphatic heterocycles. The maximum atomic E-state index is 13.2. The molecule has 2 aromatic carbocycles. The molecule has 0 aliphatic rings. The lowest BCUT2D eigenvalue weighted by Gasteiger charge is -2.27. The lowest BCUT2D eigenvalue weighted by Crippen LogP contribution is -2.40. The molecule has 0 aromatic heterocycles. The first-order chi connectivity index (χ1) is 10.4. The fourth-order valence-electron chi connectivity index (χ4n) is 2.38. The van der Waals surface area contributed by atoms with Gasteiger partial charge in [-0.3, -0.25) is 0 Å². The summed E-state index contributed by atoms with van der Waals surface area (Å²) in [6, 6.07) is 11.8. The Labute approximate surface area is 130 Å². The number of ether oxygens (including phenoxy) is 1. The summed E-state index contributed by atoms with van der Waals surface area (Å²) < 4.78 is 31.5. The van der Waals surface area contributed by atoms with E-state index in [1.807, 2.05) is 24.3 Å². The van der Waals surface area contributed by atoms with Gasteiger partial charge in [0, 0.05) is 12.1 Å². The second-order valence-corrected chi connectivity index (χ2v) is 5.97. The summed E-state index contributed by atoms with van der Waals surface area (Å²) in [5, 5.41) is 3.38. The summed E-state index contributed by atoms with van der Waals surface area (Å²) in [4.78, 5) is 0. The first-order valence-electron chi connectivity index (χ1n) is 7.22. The van der Waals surface area contributed by atoms with Crippen molar-refractivity contribution < 1.29 is 13.5 Å². The molecule has 118 valence electrons. The van der Waals surface area contributed by atoms with E-state index in [2.05, 4.69) is 19.2 Å². The molecule has 0 amide bonds. The number of halogens is 2. The molecule has 2 rings (SSSR count). The maximum absolute atomic E-state index is 13.2. The Kier molecular flexibility index (Phi) is 5.14. The minimum absolute atomic E-state index is 0.209. The van der Waals surface area contributed by atoms with E-state index in [-0.39, 0.29) is 5.54 Å². The Bertz CT molecular complexity index is 641. The Morgan fingerprint density at radius 2 is 1.77 bits per heavy atom. The molecule has 0 heterocycles. The van der Waals surface area contributed by atoms with E-state index in [1.165, 1.54) is 6.07 Å². The van der Waals surface area contributed by atoms with E-state index in [1.54, 1.807) is 13.2 Å². The minimum Gasteiger partial charge on any atom is -0.496 e. The van der Waals surface area contributed by atoms with Gasteiger partial charge in [-0.25, -0.2) is 8.78 Å². The Morgan fingerprint density at radius 1 is 1.05 bits per heavy atom. The molecule has 2 nitrogen and oxygen atoms in total. The molecular weight excluding hydrogens is 284 g/mol. The van der Waals surface area contributed by atoms with Crippen molar-refractivity contribution in [3.05, 3.63) is 65.2 Å². The predicted octanol–water partition coefficient (Wildman–Crippen LogP) is 4.08. The number of nitrogens with one attached hydrogen (secondary N) is 1. The molecule has 0 radical (unpaired) electrons. The summed E-state index contributed by atoms with van der Waals surface area (Å²) in [7, 11) is 1.65. The van der Waals surface area contributed by atoms with E-state index in [0.29, 0.717) is 12.1 Å². The topological polar surface area (TPSA) is 21.3 Å². The summed E-state index contributed by atoms with van der Waals surface area (Å²) in [5.74, 6) is -0.788. The van der Waals surface area contributed by atoms with Gasteiger partial charge in [0.15, 0.2) is 11.6 Å². The third-order valence-corrected chi connectivity index (χ3v) is 3.58. The summed E-state index contributed by atoms with van der Waals surface area (Å²) in [6.07, 6.45) is 0.765. The third kappa shape index (κ3) is 4.28. The molecule has 1 N–H and O–H groups in total. The predicted molar refractivity (Wildman–Crippen MR) is 84.0 cm³/mol. The molecular formula is C18H21F2NO. The smallest absolute Gasteiger partial charge is 0.159 e. The van der Waals surface area contributed by atoms with E-state index in [9.17, 15) is 8.78 Å². The lowest BCUT2D eigenvalue weighted by molar-refractivity contribution is 0.366. The van der Waals surface area contributed by atoms with E-state index >= 15 is 0 Å².